The van der Waals surface area contributed by atoms with Gasteiger partial charge in [-0.3, -0.25) is 0 Å². The van der Waals surface area contributed by atoms with E-state index in [1.807, 2.05) is 12.1 Å². The first-order chi connectivity index (χ1) is 14.1. The molecule has 3 aliphatic carbocycles. The fourth-order valence-electron chi connectivity index (χ4n) is 7.00. The van der Waals surface area contributed by atoms with E-state index in [4.69, 9.17) is 4.74 Å². The molecule has 0 heterocycles. The van der Waals surface area contributed by atoms with Gasteiger partial charge >= 0.3 is 5.97 Å². The number of hydrogen-bond acceptors (Lipinski definition) is 2. The minimum absolute atomic E-state index is 0.278. The van der Waals surface area contributed by atoms with Crippen LogP contribution in [0.2, 0.25) is 0 Å². The predicted molar refractivity (Wildman–Crippen MR) is 116 cm³/mol. The maximum absolute atomic E-state index is 12.5. The molecule has 29 heavy (non-hydrogen) atoms. The van der Waals surface area contributed by atoms with E-state index in [0.29, 0.717) is 16.9 Å². The van der Waals surface area contributed by atoms with E-state index < -0.39 is 0 Å². The summed E-state index contributed by atoms with van der Waals surface area (Å²) in [4.78, 5) is 12.5. The monoisotopic (exact) mass is 386 g/mol. The summed E-state index contributed by atoms with van der Waals surface area (Å²) in [5.41, 5.74) is 5.45. The zero-order chi connectivity index (χ0) is 20.0. The molecule has 2 nitrogen and oxygen atoms in total. The van der Waals surface area contributed by atoms with Crippen molar-refractivity contribution in [2.75, 3.05) is 0 Å². The van der Waals surface area contributed by atoms with Gasteiger partial charge in [-0.25, -0.2) is 4.79 Å². The third-order valence-corrected chi connectivity index (χ3v) is 8.22. The largest absolute Gasteiger partial charge is 0.432 e. The Labute approximate surface area is 174 Å². The molecule has 0 saturated heterocycles. The lowest BCUT2D eigenvalue weighted by Crippen LogP contribution is -2.39. The molecule has 2 saturated carbocycles. The van der Waals surface area contributed by atoms with Crippen molar-refractivity contribution in [2.24, 2.45) is 17.3 Å². The third-order valence-electron chi connectivity index (χ3n) is 8.22. The van der Waals surface area contributed by atoms with Gasteiger partial charge in [-0.1, -0.05) is 56.0 Å². The predicted octanol–water partition coefficient (Wildman–Crippen LogP) is 6.63. The molecule has 150 valence electrons. The molecule has 2 aromatic rings. The van der Waals surface area contributed by atoms with Crippen LogP contribution in [0, 0.1) is 17.3 Å². The Morgan fingerprint density at radius 2 is 1.86 bits per heavy atom. The minimum atomic E-state index is -0.278. The standard InChI is InChI=1S/C27H30O2/c1-3-29-26(28)24-11-7-6-10-21(24)19-16-25-23-13-12-18-8-4-5-9-20(18)22(23)14-15-27(25,2)17-19/h3-11,19,22-23,25H,1,12-17H2,2H3/t19-,22?,23?,25?,27-/m1/s1. The van der Waals surface area contributed by atoms with Gasteiger partial charge in [0.25, 0.3) is 0 Å². The highest BCUT2D eigenvalue weighted by molar-refractivity contribution is 5.91. The maximum Gasteiger partial charge on any atom is 0.343 e. The Morgan fingerprint density at radius 3 is 2.69 bits per heavy atom. The second kappa shape index (κ2) is 7.16. The summed E-state index contributed by atoms with van der Waals surface area (Å²) in [6.45, 7) is 6.06. The van der Waals surface area contributed by atoms with Gasteiger partial charge < -0.3 is 4.74 Å². The van der Waals surface area contributed by atoms with Crippen molar-refractivity contribution in [2.45, 2.75) is 57.3 Å². The molecule has 2 aromatic carbocycles. The van der Waals surface area contributed by atoms with Crippen LogP contribution in [0.4, 0.5) is 0 Å². The van der Waals surface area contributed by atoms with E-state index in [0.717, 1.165) is 17.8 Å². The summed E-state index contributed by atoms with van der Waals surface area (Å²) in [5, 5.41) is 0. The van der Waals surface area contributed by atoms with Crippen LogP contribution in [-0.4, -0.2) is 5.97 Å². The van der Waals surface area contributed by atoms with Crippen LogP contribution in [0.3, 0.4) is 0 Å². The van der Waals surface area contributed by atoms with Crippen LogP contribution >= 0.6 is 0 Å². The van der Waals surface area contributed by atoms with Gasteiger partial charge in [0.2, 0.25) is 0 Å². The normalized spacial score (nSPS) is 32.6. The van der Waals surface area contributed by atoms with Crippen LogP contribution in [-0.2, 0) is 11.2 Å². The van der Waals surface area contributed by atoms with E-state index in [-0.39, 0.29) is 5.97 Å². The lowest BCUT2D eigenvalue weighted by Gasteiger charge is -2.49. The van der Waals surface area contributed by atoms with Crippen molar-refractivity contribution in [1.29, 1.82) is 0 Å². The van der Waals surface area contributed by atoms with Crippen molar-refractivity contribution in [3.05, 3.63) is 83.6 Å². The fraction of sp³-hybridized carbons (Fsp3) is 0.444. The summed E-state index contributed by atoms with van der Waals surface area (Å²) >= 11 is 0. The molecule has 0 bridgehead atoms. The van der Waals surface area contributed by atoms with Gasteiger partial charge in [-0.05, 0) is 90.4 Å². The lowest BCUT2D eigenvalue weighted by atomic mass is 9.56. The van der Waals surface area contributed by atoms with Crippen molar-refractivity contribution < 1.29 is 9.53 Å². The third kappa shape index (κ3) is 3.04. The molecule has 0 radical (unpaired) electrons. The number of benzene rings is 2. The van der Waals surface area contributed by atoms with Gasteiger partial charge in [-0.15, -0.1) is 0 Å². The molecule has 3 aliphatic rings. The van der Waals surface area contributed by atoms with E-state index in [1.165, 1.54) is 50.4 Å². The van der Waals surface area contributed by atoms with Crippen molar-refractivity contribution >= 4 is 5.97 Å². The molecule has 0 N–H and O–H groups in total. The number of hydrogen-bond donors (Lipinski definition) is 0. The average molecular weight is 387 g/mol. The fourth-order valence-corrected chi connectivity index (χ4v) is 7.00. The Bertz CT molecular complexity index is 945. The van der Waals surface area contributed by atoms with E-state index in [9.17, 15) is 4.79 Å². The van der Waals surface area contributed by atoms with E-state index >= 15 is 0 Å². The molecule has 2 heteroatoms. The second-order valence-corrected chi connectivity index (χ2v) is 9.60. The van der Waals surface area contributed by atoms with Gasteiger partial charge in [-0.2, -0.15) is 0 Å². The molecule has 5 rings (SSSR count). The number of rotatable bonds is 3. The minimum Gasteiger partial charge on any atom is -0.432 e. The molecule has 0 amide bonds. The Morgan fingerprint density at radius 1 is 1.10 bits per heavy atom. The van der Waals surface area contributed by atoms with Gasteiger partial charge in [0.15, 0.2) is 0 Å². The molecule has 2 fully saturated rings. The number of esters is 1. The van der Waals surface area contributed by atoms with Crippen LogP contribution in [0.15, 0.2) is 61.4 Å². The van der Waals surface area contributed by atoms with E-state index in [1.54, 1.807) is 11.1 Å². The molecule has 0 aliphatic heterocycles. The van der Waals surface area contributed by atoms with Gasteiger partial charge in [0.1, 0.15) is 0 Å². The van der Waals surface area contributed by atoms with Crippen molar-refractivity contribution in [1.82, 2.24) is 0 Å². The van der Waals surface area contributed by atoms with Crippen LogP contribution in [0.5, 0.6) is 0 Å². The highest BCUT2D eigenvalue weighted by atomic mass is 16.5. The maximum atomic E-state index is 12.5. The molecule has 0 aromatic heterocycles. The van der Waals surface area contributed by atoms with Gasteiger partial charge in [0, 0.05) is 0 Å². The molecular weight excluding hydrogens is 356 g/mol. The first-order valence-corrected chi connectivity index (χ1v) is 11.1. The number of carbonyl (C=O) groups is 1. The smallest absolute Gasteiger partial charge is 0.343 e. The summed E-state index contributed by atoms with van der Waals surface area (Å²) < 4.78 is 5.12. The number of aryl methyl sites for hydroxylation is 1. The van der Waals surface area contributed by atoms with Crippen molar-refractivity contribution in [3.8, 4) is 0 Å². The number of carbonyl (C=O) groups excluding carboxylic acids is 1. The summed E-state index contributed by atoms with van der Waals surface area (Å²) in [6, 6.07) is 17.2. The average Bonchev–Trinajstić information content (AvgIpc) is 3.11. The topological polar surface area (TPSA) is 26.3 Å². The SMILES string of the molecule is C=COC(=O)c1ccccc1[C@@H]1CC2C3CCc4ccccc4C3CC[C@]2(C)C1. The van der Waals surface area contributed by atoms with Crippen LogP contribution in [0.1, 0.15) is 77.9 Å². The van der Waals surface area contributed by atoms with Crippen molar-refractivity contribution in [3.63, 3.8) is 0 Å². The van der Waals surface area contributed by atoms with Crippen LogP contribution < -0.4 is 0 Å². The first-order valence-electron chi connectivity index (χ1n) is 11.1. The highest BCUT2D eigenvalue weighted by Gasteiger charge is 2.53. The number of ether oxygens (including phenoxy) is 1. The zero-order valence-electron chi connectivity index (χ0n) is 17.3. The zero-order valence-corrected chi connectivity index (χ0v) is 17.3. The summed E-state index contributed by atoms with van der Waals surface area (Å²) in [7, 11) is 0. The Kier molecular flexibility index (Phi) is 4.61. The Hall–Kier alpha value is -2.35. The number of fused-ring (bicyclic) bond motifs is 5. The van der Waals surface area contributed by atoms with Crippen LogP contribution in [0.25, 0.3) is 0 Å². The Balaban J connectivity index is 1.45. The molecule has 5 atom stereocenters. The van der Waals surface area contributed by atoms with Gasteiger partial charge in [0.05, 0.1) is 11.8 Å². The molecule has 0 spiro atoms. The lowest BCUT2D eigenvalue weighted by molar-refractivity contribution is 0.0598. The van der Waals surface area contributed by atoms with E-state index in [2.05, 4.69) is 49.9 Å². The summed E-state index contributed by atoms with van der Waals surface area (Å²) in [5.74, 6) is 2.40. The quantitative estimate of drug-likeness (QED) is 0.437. The molecular formula is C27H30O2. The first kappa shape index (κ1) is 18.7. The highest BCUT2D eigenvalue weighted by Crippen LogP contribution is 2.64. The molecule has 3 unspecified atom stereocenters. The second-order valence-electron chi connectivity index (χ2n) is 9.60. The summed E-state index contributed by atoms with van der Waals surface area (Å²) in [6.07, 6.45) is 8.74.